The van der Waals surface area contributed by atoms with Crippen molar-refractivity contribution in [3.63, 3.8) is 0 Å². The van der Waals surface area contributed by atoms with Gasteiger partial charge in [-0.15, -0.1) is 0 Å². The molecule has 0 radical (unpaired) electrons. The van der Waals surface area contributed by atoms with Gasteiger partial charge >= 0.3 is 0 Å². The van der Waals surface area contributed by atoms with Gasteiger partial charge in [-0.25, -0.2) is 0 Å². The lowest BCUT2D eigenvalue weighted by molar-refractivity contribution is 0.131. The lowest BCUT2D eigenvalue weighted by Crippen LogP contribution is -2.22. The summed E-state index contributed by atoms with van der Waals surface area (Å²) in [5.74, 6) is 3.07. The van der Waals surface area contributed by atoms with Crippen molar-refractivity contribution in [1.82, 2.24) is 0 Å². The quantitative estimate of drug-likeness (QED) is 0.497. The predicted molar refractivity (Wildman–Crippen MR) is 131 cm³/mol. The minimum Gasteiger partial charge on any atom is -0.491 e. The van der Waals surface area contributed by atoms with Crippen molar-refractivity contribution in [2.45, 2.75) is 101 Å². The maximum absolute atomic E-state index is 5.74. The van der Waals surface area contributed by atoms with Crippen molar-refractivity contribution in [2.24, 2.45) is 0 Å². The summed E-state index contributed by atoms with van der Waals surface area (Å²) in [6.45, 7) is 19.0. The van der Waals surface area contributed by atoms with Gasteiger partial charge in [-0.3, -0.25) is 0 Å². The van der Waals surface area contributed by atoms with Gasteiger partial charge in [0.05, 0.1) is 6.10 Å². The molecule has 2 aromatic carbocycles. The predicted octanol–water partition coefficient (Wildman–Crippen LogP) is 8.86. The number of ether oxygens (including phenoxy) is 2. The monoisotopic (exact) mass is 402 g/mol. The van der Waals surface area contributed by atoms with Crippen LogP contribution in [0.4, 0.5) is 0 Å². The molecule has 0 aromatic heterocycles. The molecule has 2 heteroatoms. The Morgan fingerprint density at radius 1 is 0.655 bits per heavy atom. The highest BCUT2D eigenvalue weighted by atomic mass is 16.5. The van der Waals surface area contributed by atoms with Crippen LogP contribution < -0.4 is 9.47 Å². The van der Waals surface area contributed by atoms with Gasteiger partial charge in [0.2, 0.25) is 0 Å². The third-order valence-corrected chi connectivity index (χ3v) is 3.87. The first-order chi connectivity index (χ1) is 12.5. The molecule has 0 aliphatic heterocycles. The van der Waals surface area contributed by atoms with Gasteiger partial charge in [0.1, 0.15) is 17.1 Å². The Morgan fingerprint density at radius 2 is 1.17 bits per heavy atom. The maximum atomic E-state index is 5.74. The van der Waals surface area contributed by atoms with Crippen molar-refractivity contribution >= 4 is 0 Å². The summed E-state index contributed by atoms with van der Waals surface area (Å²) in [6, 6.07) is 16.7. The molecule has 0 bridgehead atoms. The van der Waals surface area contributed by atoms with Crippen molar-refractivity contribution in [1.29, 1.82) is 0 Å². The lowest BCUT2D eigenvalue weighted by Gasteiger charge is -2.21. The van der Waals surface area contributed by atoms with E-state index in [1.165, 1.54) is 11.1 Å². The molecule has 0 spiro atoms. The molecule has 0 unspecified atom stereocenters. The molecule has 0 aliphatic carbocycles. The fourth-order valence-corrected chi connectivity index (χ4v) is 2.49. The molecule has 0 saturated carbocycles. The molecule has 0 amide bonds. The van der Waals surface area contributed by atoms with Crippen LogP contribution in [-0.2, 0) is 0 Å². The molecular formula is C27H46O2. The summed E-state index contributed by atoms with van der Waals surface area (Å²) in [4.78, 5) is 0. The van der Waals surface area contributed by atoms with Gasteiger partial charge in [-0.2, -0.15) is 0 Å². The lowest BCUT2D eigenvalue weighted by atomic mass is 10.0. The Balaban J connectivity index is 0. The minimum absolute atomic E-state index is 0. The average Bonchev–Trinajstić information content (AvgIpc) is 2.54. The Kier molecular flexibility index (Phi) is 13.4. The zero-order chi connectivity index (χ0) is 20.6. The van der Waals surface area contributed by atoms with Crippen LogP contribution in [0.2, 0.25) is 0 Å². The van der Waals surface area contributed by atoms with E-state index in [1.807, 2.05) is 38.1 Å². The number of rotatable bonds is 5. The molecule has 0 atom stereocenters. The molecule has 0 N–H and O–H groups in total. The normalized spacial score (nSPS) is 10.6. The topological polar surface area (TPSA) is 18.5 Å². The third kappa shape index (κ3) is 12.3. The minimum atomic E-state index is -0.112. The molecule has 0 aliphatic rings. The van der Waals surface area contributed by atoms with Gasteiger partial charge in [0, 0.05) is 0 Å². The van der Waals surface area contributed by atoms with Crippen LogP contribution in [0.3, 0.4) is 0 Å². The fourth-order valence-electron chi connectivity index (χ4n) is 2.49. The summed E-state index contributed by atoms with van der Waals surface area (Å²) in [5.41, 5.74) is 2.57. The van der Waals surface area contributed by atoms with Crippen molar-refractivity contribution in [2.75, 3.05) is 0 Å². The second-order valence-corrected chi connectivity index (χ2v) is 8.83. The number of hydrogen-bond donors (Lipinski definition) is 0. The van der Waals surface area contributed by atoms with Crippen LogP contribution in [0.5, 0.6) is 11.5 Å². The third-order valence-electron chi connectivity index (χ3n) is 3.87. The van der Waals surface area contributed by atoms with E-state index in [0.29, 0.717) is 11.8 Å². The van der Waals surface area contributed by atoms with E-state index in [4.69, 9.17) is 9.47 Å². The maximum Gasteiger partial charge on any atom is 0.120 e. The van der Waals surface area contributed by atoms with Gasteiger partial charge in [-0.1, -0.05) is 66.8 Å². The van der Waals surface area contributed by atoms with E-state index >= 15 is 0 Å². The summed E-state index contributed by atoms with van der Waals surface area (Å²) in [7, 11) is 0. The smallest absolute Gasteiger partial charge is 0.120 e. The highest BCUT2D eigenvalue weighted by molar-refractivity contribution is 5.30. The first-order valence-electron chi connectivity index (χ1n) is 10.0. The molecule has 0 heterocycles. The second kappa shape index (κ2) is 13.3. The molecule has 0 fully saturated rings. The fraction of sp³-hybridized carbons (Fsp3) is 0.556. The highest BCUT2D eigenvalue weighted by Crippen LogP contribution is 2.22. The van der Waals surface area contributed by atoms with E-state index in [9.17, 15) is 0 Å². The second-order valence-electron chi connectivity index (χ2n) is 8.83. The standard InChI is InChI=1S/C13H20O.C12H18O.2CH4/c1-10(2)11-6-8-12(9-7-11)14-13(3,4)5;1-9(2)11-6-5-7-12(8-11)13-10(3)4;;/h6-10H,1-5H3;5-10H,1-4H3;2*1H4. The molecule has 166 valence electrons. The van der Waals surface area contributed by atoms with Crippen LogP contribution in [0.15, 0.2) is 48.5 Å². The summed E-state index contributed by atoms with van der Waals surface area (Å²) >= 11 is 0. The van der Waals surface area contributed by atoms with Crippen LogP contribution in [0, 0.1) is 0 Å². The summed E-state index contributed by atoms with van der Waals surface area (Å²) in [6.07, 6.45) is 0.252. The SMILES string of the molecule is C.C.CC(C)Oc1cccc(C(C)C)c1.CC(C)c1ccc(OC(C)(C)C)cc1. The van der Waals surface area contributed by atoms with Crippen molar-refractivity contribution in [3.05, 3.63) is 59.7 Å². The molecule has 0 saturated heterocycles. The number of hydrogen-bond acceptors (Lipinski definition) is 2. The first-order valence-corrected chi connectivity index (χ1v) is 10.0. The molecule has 2 nitrogen and oxygen atoms in total. The molecule has 2 rings (SSSR count). The van der Waals surface area contributed by atoms with E-state index in [2.05, 4.69) is 72.7 Å². The van der Waals surface area contributed by atoms with E-state index in [0.717, 1.165) is 11.5 Å². The summed E-state index contributed by atoms with van der Waals surface area (Å²) in [5, 5.41) is 0. The zero-order valence-corrected chi connectivity index (χ0v) is 18.7. The van der Waals surface area contributed by atoms with E-state index < -0.39 is 0 Å². The van der Waals surface area contributed by atoms with Crippen molar-refractivity contribution < 1.29 is 9.47 Å². The van der Waals surface area contributed by atoms with Crippen LogP contribution >= 0.6 is 0 Å². The van der Waals surface area contributed by atoms with Gasteiger partial charge in [0.25, 0.3) is 0 Å². The van der Waals surface area contributed by atoms with E-state index in [1.54, 1.807) is 0 Å². The zero-order valence-electron chi connectivity index (χ0n) is 18.7. The summed E-state index contributed by atoms with van der Waals surface area (Å²) < 4.78 is 11.3. The average molecular weight is 403 g/mol. The molecule has 2 aromatic rings. The molecule has 29 heavy (non-hydrogen) atoms. The van der Waals surface area contributed by atoms with Crippen LogP contribution in [-0.4, -0.2) is 11.7 Å². The van der Waals surface area contributed by atoms with Gasteiger partial charge < -0.3 is 9.47 Å². The number of benzene rings is 2. The van der Waals surface area contributed by atoms with Gasteiger partial charge in [-0.05, 0) is 81.8 Å². The first kappa shape index (κ1) is 29.2. The Labute approximate surface area is 181 Å². The van der Waals surface area contributed by atoms with E-state index in [-0.39, 0.29) is 26.6 Å². The Bertz CT molecular complexity index is 662. The molecular weight excluding hydrogens is 356 g/mol. The largest absolute Gasteiger partial charge is 0.491 e. The van der Waals surface area contributed by atoms with Crippen LogP contribution in [0.25, 0.3) is 0 Å². The van der Waals surface area contributed by atoms with Crippen LogP contribution in [0.1, 0.15) is 100 Å². The van der Waals surface area contributed by atoms with Gasteiger partial charge in [0.15, 0.2) is 0 Å². The Morgan fingerprint density at radius 3 is 1.59 bits per heavy atom. The van der Waals surface area contributed by atoms with Crippen molar-refractivity contribution in [3.8, 4) is 11.5 Å². The highest BCUT2D eigenvalue weighted by Gasteiger charge is 2.11. The Hall–Kier alpha value is -1.96.